The molecule has 31 heavy (non-hydrogen) atoms. The second-order valence-corrected chi connectivity index (χ2v) is 8.92. The van der Waals surface area contributed by atoms with E-state index in [4.69, 9.17) is 4.74 Å². The third-order valence-corrected chi connectivity index (χ3v) is 6.89. The Morgan fingerprint density at radius 2 is 1.97 bits per heavy atom. The maximum atomic E-state index is 14.3. The van der Waals surface area contributed by atoms with E-state index in [0.717, 1.165) is 49.7 Å². The predicted octanol–water partition coefficient (Wildman–Crippen LogP) is 2.91. The maximum Gasteiger partial charge on any atom is 0.410 e. The van der Waals surface area contributed by atoms with E-state index in [9.17, 15) is 9.18 Å². The lowest BCUT2D eigenvalue weighted by Gasteiger charge is -2.45. The number of benzene rings is 1. The number of carbonyl (C=O) groups excluding carboxylic acids is 1. The third kappa shape index (κ3) is 3.73. The van der Waals surface area contributed by atoms with Crippen molar-refractivity contribution in [2.45, 2.75) is 44.9 Å². The van der Waals surface area contributed by atoms with Crippen LogP contribution in [-0.4, -0.2) is 70.2 Å². The van der Waals surface area contributed by atoms with Gasteiger partial charge in [0.2, 0.25) is 0 Å². The van der Waals surface area contributed by atoms with Crippen LogP contribution in [0.15, 0.2) is 30.5 Å². The van der Waals surface area contributed by atoms with E-state index in [-0.39, 0.29) is 18.0 Å². The molecule has 3 aliphatic heterocycles. The molecule has 5 rings (SSSR count). The van der Waals surface area contributed by atoms with Crippen LogP contribution in [0.2, 0.25) is 0 Å². The summed E-state index contributed by atoms with van der Waals surface area (Å²) in [6.45, 7) is 8.02. The quantitative estimate of drug-likeness (QED) is 0.754. The molecular formula is C23H28FN5O2. The minimum absolute atomic E-state index is 0.00379. The van der Waals surface area contributed by atoms with Gasteiger partial charge in [0, 0.05) is 63.9 Å². The fourth-order valence-electron chi connectivity index (χ4n) is 5.19. The van der Waals surface area contributed by atoms with Crippen molar-refractivity contribution >= 4 is 11.9 Å². The molecule has 1 atom stereocenters. The summed E-state index contributed by atoms with van der Waals surface area (Å²) >= 11 is 0. The van der Waals surface area contributed by atoms with E-state index in [1.165, 1.54) is 6.07 Å². The summed E-state index contributed by atoms with van der Waals surface area (Å²) < 4.78 is 20.3. The van der Waals surface area contributed by atoms with Crippen molar-refractivity contribution < 1.29 is 13.9 Å². The minimum Gasteiger partial charge on any atom is -0.440 e. The summed E-state index contributed by atoms with van der Waals surface area (Å²) in [5.74, 6) is 1.50. The Bertz CT molecular complexity index is 992. The fraction of sp³-hybridized carbons (Fsp3) is 0.522. The largest absolute Gasteiger partial charge is 0.440 e. The van der Waals surface area contributed by atoms with Crippen molar-refractivity contribution in [2.24, 2.45) is 0 Å². The van der Waals surface area contributed by atoms with Gasteiger partial charge in [0.25, 0.3) is 0 Å². The van der Waals surface area contributed by atoms with Crippen molar-refractivity contribution in [3.05, 3.63) is 53.2 Å². The molecule has 0 bridgehead atoms. The second-order valence-electron chi connectivity index (χ2n) is 8.92. The first-order valence-corrected chi connectivity index (χ1v) is 11.0. The predicted molar refractivity (Wildman–Crippen MR) is 114 cm³/mol. The van der Waals surface area contributed by atoms with Crippen molar-refractivity contribution in [1.82, 2.24) is 19.8 Å². The molecule has 7 nitrogen and oxygen atoms in total. The summed E-state index contributed by atoms with van der Waals surface area (Å²) in [5, 5.41) is 0. The zero-order valence-corrected chi connectivity index (χ0v) is 18.1. The van der Waals surface area contributed by atoms with E-state index in [1.807, 2.05) is 30.9 Å². The first-order chi connectivity index (χ1) is 14.9. The topological polar surface area (TPSA) is 61.8 Å². The molecule has 4 heterocycles. The summed E-state index contributed by atoms with van der Waals surface area (Å²) in [5.41, 5.74) is 1.28. The molecule has 0 saturated carbocycles. The Morgan fingerprint density at radius 3 is 2.74 bits per heavy atom. The highest BCUT2D eigenvalue weighted by molar-refractivity contribution is 5.72. The van der Waals surface area contributed by atoms with Crippen LogP contribution >= 0.6 is 0 Å². The van der Waals surface area contributed by atoms with Crippen LogP contribution in [0.1, 0.15) is 29.8 Å². The highest BCUT2D eigenvalue weighted by atomic mass is 19.1. The smallest absolute Gasteiger partial charge is 0.410 e. The number of hydrogen-bond acceptors (Lipinski definition) is 6. The Kier molecular flexibility index (Phi) is 5.04. The number of piperazine rings is 1. The van der Waals surface area contributed by atoms with Crippen LogP contribution in [0.3, 0.4) is 0 Å². The van der Waals surface area contributed by atoms with Gasteiger partial charge in [-0.3, -0.25) is 9.80 Å². The zero-order chi connectivity index (χ0) is 21.6. The first-order valence-electron chi connectivity index (χ1n) is 11.0. The van der Waals surface area contributed by atoms with Crippen LogP contribution in [-0.2, 0) is 11.3 Å². The second kappa shape index (κ2) is 7.75. The zero-order valence-electron chi connectivity index (χ0n) is 18.1. The fourth-order valence-corrected chi connectivity index (χ4v) is 5.19. The Labute approximate surface area is 181 Å². The number of carbonyl (C=O) groups is 1. The molecular weight excluding hydrogens is 397 g/mol. The number of rotatable bonds is 3. The van der Waals surface area contributed by atoms with Gasteiger partial charge in [0.05, 0.1) is 6.04 Å². The maximum absolute atomic E-state index is 14.3. The van der Waals surface area contributed by atoms with Gasteiger partial charge in [-0.25, -0.2) is 19.2 Å². The molecule has 0 aliphatic carbocycles. The van der Waals surface area contributed by atoms with Crippen LogP contribution in [0.5, 0.6) is 0 Å². The number of amides is 1. The summed E-state index contributed by atoms with van der Waals surface area (Å²) in [6.07, 6.45) is 3.09. The first kappa shape index (κ1) is 20.2. The molecule has 3 aliphatic rings. The number of aromatic nitrogens is 2. The van der Waals surface area contributed by atoms with Crippen molar-refractivity contribution in [1.29, 1.82) is 0 Å². The van der Waals surface area contributed by atoms with Crippen LogP contribution in [0.25, 0.3) is 0 Å². The molecule has 2 aromatic rings. The van der Waals surface area contributed by atoms with E-state index in [1.54, 1.807) is 12.3 Å². The van der Waals surface area contributed by atoms with Gasteiger partial charge >= 0.3 is 6.09 Å². The molecule has 1 amide bonds. The van der Waals surface area contributed by atoms with Gasteiger partial charge in [-0.05, 0) is 26.0 Å². The van der Waals surface area contributed by atoms with E-state index in [0.29, 0.717) is 25.2 Å². The number of hydrogen-bond donors (Lipinski definition) is 0. The molecule has 8 heteroatoms. The number of ether oxygens (including phenoxy) is 1. The Balaban J connectivity index is 1.30. The average Bonchev–Trinajstić information content (AvgIpc) is 3.02. The molecule has 1 aromatic carbocycles. The van der Waals surface area contributed by atoms with E-state index in [2.05, 4.69) is 19.8 Å². The highest BCUT2D eigenvalue weighted by Crippen LogP contribution is 2.41. The van der Waals surface area contributed by atoms with Crippen molar-refractivity contribution in [3.8, 4) is 0 Å². The van der Waals surface area contributed by atoms with E-state index < -0.39 is 5.60 Å². The van der Waals surface area contributed by atoms with Gasteiger partial charge in [0.1, 0.15) is 23.1 Å². The molecule has 1 aromatic heterocycles. The van der Waals surface area contributed by atoms with Crippen LogP contribution in [0.4, 0.5) is 15.0 Å². The highest BCUT2D eigenvalue weighted by Gasteiger charge is 2.56. The van der Waals surface area contributed by atoms with Gasteiger partial charge in [-0.15, -0.1) is 0 Å². The van der Waals surface area contributed by atoms with Crippen LogP contribution in [0, 0.1) is 19.7 Å². The van der Waals surface area contributed by atoms with Gasteiger partial charge < -0.3 is 9.64 Å². The summed E-state index contributed by atoms with van der Waals surface area (Å²) in [7, 11) is 0. The third-order valence-electron chi connectivity index (χ3n) is 6.89. The molecule has 164 valence electrons. The van der Waals surface area contributed by atoms with Crippen molar-refractivity contribution in [2.75, 3.05) is 37.6 Å². The minimum atomic E-state index is -0.487. The number of piperidine rings is 1. The molecule has 0 N–H and O–H groups in total. The van der Waals surface area contributed by atoms with Crippen molar-refractivity contribution in [3.63, 3.8) is 0 Å². The normalized spacial score (nSPS) is 23.2. The number of anilines is 1. The molecule has 0 radical (unpaired) electrons. The SMILES string of the molecule is Cc1ccc(F)c(CN2CCN3C(=O)OC4(CCN(c5ccnc(C)n5)CC4)C3C2)c1. The Hall–Kier alpha value is -2.74. The lowest BCUT2D eigenvalue weighted by atomic mass is 9.83. The number of fused-ring (bicyclic) bond motifs is 2. The van der Waals surface area contributed by atoms with Gasteiger partial charge in [-0.1, -0.05) is 17.7 Å². The Morgan fingerprint density at radius 1 is 1.16 bits per heavy atom. The van der Waals surface area contributed by atoms with Gasteiger partial charge in [0.15, 0.2) is 0 Å². The number of halogens is 1. The molecule has 1 spiro atoms. The number of nitrogens with zero attached hydrogens (tertiary/aromatic N) is 5. The molecule has 3 fully saturated rings. The van der Waals surface area contributed by atoms with E-state index >= 15 is 0 Å². The standard InChI is InChI=1S/C23H28FN5O2/c1-16-3-4-19(24)18(13-16)14-27-11-12-29-20(15-27)23(31-22(29)30)6-9-28(10-7-23)21-5-8-25-17(2)26-21/h3-5,8,13,20H,6-7,9-12,14-15H2,1-2H3. The lowest BCUT2D eigenvalue weighted by molar-refractivity contribution is -0.00645. The van der Waals surface area contributed by atoms with Gasteiger partial charge in [-0.2, -0.15) is 0 Å². The summed E-state index contributed by atoms with van der Waals surface area (Å²) in [6, 6.07) is 7.17. The number of aryl methyl sites for hydroxylation is 2. The monoisotopic (exact) mass is 425 g/mol. The average molecular weight is 426 g/mol. The summed E-state index contributed by atoms with van der Waals surface area (Å²) in [4.78, 5) is 27.7. The van der Waals surface area contributed by atoms with Crippen LogP contribution < -0.4 is 4.90 Å². The lowest BCUT2D eigenvalue weighted by Crippen LogP contribution is -2.60. The molecule has 3 saturated heterocycles. The molecule has 1 unspecified atom stereocenters.